The van der Waals surface area contributed by atoms with Crippen molar-refractivity contribution in [3.63, 3.8) is 0 Å². The largest absolute Gasteiger partial charge is 0.395 e. The molecule has 0 radical (unpaired) electrons. The molecular weight excluding hydrogens is 221 g/mol. The second-order valence-corrected chi connectivity index (χ2v) is 4.58. The van der Waals surface area contributed by atoms with Crippen LogP contribution in [-0.4, -0.2) is 16.7 Å². The molecule has 0 amide bonds. The van der Waals surface area contributed by atoms with Crippen LogP contribution in [0.25, 0.3) is 0 Å². The standard InChI is InChI=1S/C10H11Cl2NO/c11-7-4-13-5-8(12)9(7)10(6-14)2-1-3-10/h4-5,14H,1-3,6H2. The van der Waals surface area contributed by atoms with E-state index < -0.39 is 0 Å². The van der Waals surface area contributed by atoms with Gasteiger partial charge < -0.3 is 5.11 Å². The van der Waals surface area contributed by atoms with Crippen LogP contribution in [0.3, 0.4) is 0 Å². The number of aromatic nitrogens is 1. The SMILES string of the molecule is OCC1(c2c(Cl)cncc2Cl)CCC1. The number of hydrogen-bond donors (Lipinski definition) is 1. The van der Waals surface area contributed by atoms with Crippen LogP contribution < -0.4 is 0 Å². The fraction of sp³-hybridized carbons (Fsp3) is 0.500. The summed E-state index contributed by atoms with van der Waals surface area (Å²) in [4.78, 5) is 3.91. The van der Waals surface area contributed by atoms with Crippen LogP contribution in [-0.2, 0) is 5.41 Å². The summed E-state index contributed by atoms with van der Waals surface area (Å²) in [7, 11) is 0. The Morgan fingerprint density at radius 3 is 2.21 bits per heavy atom. The normalized spacial score (nSPS) is 19.1. The molecule has 2 rings (SSSR count). The number of pyridine rings is 1. The van der Waals surface area contributed by atoms with E-state index in [1.54, 1.807) is 12.4 Å². The molecule has 14 heavy (non-hydrogen) atoms. The third-order valence-electron chi connectivity index (χ3n) is 3.00. The van der Waals surface area contributed by atoms with Gasteiger partial charge in [0.15, 0.2) is 0 Å². The summed E-state index contributed by atoms with van der Waals surface area (Å²) < 4.78 is 0. The van der Waals surface area contributed by atoms with Gasteiger partial charge in [-0.2, -0.15) is 0 Å². The smallest absolute Gasteiger partial charge is 0.0642 e. The minimum Gasteiger partial charge on any atom is -0.395 e. The van der Waals surface area contributed by atoms with Gasteiger partial charge in [-0.25, -0.2) is 0 Å². The Labute approximate surface area is 92.9 Å². The van der Waals surface area contributed by atoms with Gasteiger partial charge in [-0.05, 0) is 12.8 Å². The fourth-order valence-corrected chi connectivity index (χ4v) is 2.77. The molecule has 1 aromatic rings. The second-order valence-electron chi connectivity index (χ2n) is 3.77. The Kier molecular flexibility index (Phi) is 2.69. The third kappa shape index (κ3) is 1.42. The molecule has 76 valence electrons. The maximum Gasteiger partial charge on any atom is 0.0642 e. The zero-order chi connectivity index (χ0) is 10.2. The Bertz CT molecular complexity index is 324. The average molecular weight is 232 g/mol. The lowest BCUT2D eigenvalue weighted by atomic mass is 9.65. The number of aliphatic hydroxyl groups excluding tert-OH is 1. The molecule has 1 fully saturated rings. The molecular formula is C10H11Cl2NO. The second kappa shape index (κ2) is 3.69. The van der Waals surface area contributed by atoms with Crippen molar-refractivity contribution >= 4 is 23.2 Å². The van der Waals surface area contributed by atoms with Crippen molar-refractivity contribution in [1.29, 1.82) is 0 Å². The van der Waals surface area contributed by atoms with Crippen LogP contribution in [0.4, 0.5) is 0 Å². The summed E-state index contributed by atoms with van der Waals surface area (Å²) in [5.74, 6) is 0. The molecule has 0 aromatic carbocycles. The van der Waals surface area contributed by atoms with Crippen LogP contribution in [0, 0.1) is 0 Å². The first-order valence-corrected chi connectivity index (χ1v) is 5.35. The maximum atomic E-state index is 9.40. The van der Waals surface area contributed by atoms with E-state index in [1.165, 1.54) is 0 Å². The van der Waals surface area contributed by atoms with Crippen molar-refractivity contribution in [3.8, 4) is 0 Å². The minimum atomic E-state index is -0.211. The molecule has 1 aromatic heterocycles. The third-order valence-corrected chi connectivity index (χ3v) is 3.57. The molecule has 0 saturated heterocycles. The lowest BCUT2D eigenvalue weighted by Gasteiger charge is -2.41. The van der Waals surface area contributed by atoms with Crippen LogP contribution >= 0.6 is 23.2 Å². The highest BCUT2D eigenvalue weighted by Gasteiger charge is 2.41. The van der Waals surface area contributed by atoms with E-state index in [-0.39, 0.29) is 12.0 Å². The van der Waals surface area contributed by atoms with E-state index in [2.05, 4.69) is 4.98 Å². The number of aliphatic hydroxyl groups is 1. The minimum absolute atomic E-state index is 0.108. The zero-order valence-electron chi connectivity index (χ0n) is 7.63. The Morgan fingerprint density at radius 2 is 1.86 bits per heavy atom. The number of hydrogen-bond acceptors (Lipinski definition) is 2. The van der Waals surface area contributed by atoms with Gasteiger partial charge >= 0.3 is 0 Å². The molecule has 4 heteroatoms. The zero-order valence-corrected chi connectivity index (χ0v) is 9.15. The summed E-state index contributed by atoms with van der Waals surface area (Å²) in [5.41, 5.74) is 0.654. The fourth-order valence-electron chi connectivity index (χ4n) is 2.01. The molecule has 1 N–H and O–H groups in total. The van der Waals surface area contributed by atoms with Gasteiger partial charge in [0, 0.05) is 23.4 Å². The van der Waals surface area contributed by atoms with Crippen LogP contribution in [0.15, 0.2) is 12.4 Å². The summed E-state index contributed by atoms with van der Waals surface area (Å²) in [6.07, 6.45) is 6.19. The van der Waals surface area contributed by atoms with Crippen molar-refractivity contribution in [1.82, 2.24) is 4.98 Å². The van der Waals surface area contributed by atoms with Gasteiger partial charge in [0.25, 0.3) is 0 Å². The molecule has 0 bridgehead atoms. The predicted octanol–water partition coefficient (Wildman–Crippen LogP) is 2.80. The molecule has 1 aliphatic carbocycles. The quantitative estimate of drug-likeness (QED) is 0.850. The lowest BCUT2D eigenvalue weighted by molar-refractivity contribution is 0.120. The highest BCUT2D eigenvalue weighted by molar-refractivity contribution is 6.36. The van der Waals surface area contributed by atoms with E-state index in [0.29, 0.717) is 10.0 Å². The lowest BCUT2D eigenvalue weighted by Crippen LogP contribution is -2.38. The van der Waals surface area contributed by atoms with Crippen LogP contribution in [0.1, 0.15) is 24.8 Å². The van der Waals surface area contributed by atoms with Gasteiger partial charge in [-0.15, -0.1) is 0 Å². The Balaban J connectivity index is 2.49. The number of nitrogens with zero attached hydrogens (tertiary/aromatic N) is 1. The monoisotopic (exact) mass is 231 g/mol. The molecule has 1 saturated carbocycles. The van der Waals surface area contributed by atoms with Gasteiger partial charge in [0.2, 0.25) is 0 Å². The van der Waals surface area contributed by atoms with Crippen molar-refractivity contribution in [3.05, 3.63) is 28.0 Å². The first-order chi connectivity index (χ1) is 6.69. The van der Waals surface area contributed by atoms with Crippen molar-refractivity contribution in [2.24, 2.45) is 0 Å². The van der Waals surface area contributed by atoms with Crippen LogP contribution in [0.2, 0.25) is 10.0 Å². The molecule has 1 aliphatic rings. The summed E-state index contributed by atoms with van der Waals surface area (Å²) in [6, 6.07) is 0. The average Bonchev–Trinajstić information content (AvgIpc) is 2.08. The molecule has 1 heterocycles. The van der Waals surface area contributed by atoms with E-state index in [0.717, 1.165) is 24.8 Å². The first kappa shape index (κ1) is 10.2. The van der Waals surface area contributed by atoms with Gasteiger partial charge in [0.05, 0.1) is 16.7 Å². The van der Waals surface area contributed by atoms with E-state index >= 15 is 0 Å². The van der Waals surface area contributed by atoms with Gasteiger partial charge in [-0.1, -0.05) is 29.6 Å². The van der Waals surface area contributed by atoms with E-state index in [1.807, 2.05) is 0 Å². The van der Waals surface area contributed by atoms with Crippen molar-refractivity contribution in [2.45, 2.75) is 24.7 Å². The van der Waals surface area contributed by atoms with Crippen LogP contribution in [0.5, 0.6) is 0 Å². The van der Waals surface area contributed by atoms with Gasteiger partial charge in [0.1, 0.15) is 0 Å². The highest BCUT2D eigenvalue weighted by atomic mass is 35.5. The maximum absolute atomic E-state index is 9.40. The van der Waals surface area contributed by atoms with Crippen molar-refractivity contribution in [2.75, 3.05) is 6.61 Å². The first-order valence-electron chi connectivity index (χ1n) is 4.60. The summed E-state index contributed by atoms with van der Waals surface area (Å²) in [5, 5.41) is 10.5. The summed E-state index contributed by atoms with van der Waals surface area (Å²) in [6.45, 7) is 0.108. The molecule has 0 atom stereocenters. The Morgan fingerprint density at radius 1 is 1.29 bits per heavy atom. The van der Waals surface area contributed by atoms with E-state index in [4.69, 9.17) is 23.2 Å². The predicted molar refractivity (Wildman–Crippen MR) is 56.9 cm³/mol. The Hall–Kier alpha value is -0.310. The molecule has 0 unspecified atom stereocenters. The molecule has 2 nitrogen and oxygen atoms in total. The van der Waals surface area contributed by atoms with E-state index in [9.17, 15) is 5.11 Å². The highest BCUT2D eigenvalue weighted by Crippen LogP contribution is 2.48. The molecule has 0 spiro atoms. The van der Waals surface area contributed by atoms with Crippen molar-refractivity contribution < 1.29 is 5.11 Å². The van der Waals surface area contributed by atoms with Gasteiger partial charge in [-0.3, -0.25) is 4.98 Å². The number of rotatable bonds is 2. The topological polar surface area (TPSA) is 33.1 Å². The number of halogens is 2. The molecule has 0 aliphatic heterocycles. The summed E-state index contributed by atoms with van der Waals surface area (Å²) >= 11 is 12.1.